The molecule has 1 aromatic carbocycles. The molecule has 0 spiro atoms. The fourth-order valence-electron chi connectivity index (χ4n) is 2.36. The van der Waals surface area contributed by atoms with E-state index in [-0.39, 0.29) is 5.82 Å². The van der Waals surface area contributed by atoms with Gasteiger partial charge in [-0.3, -0.25) is 0 Å². The molecule has 2 nitrogen and oxygen atoms in total. The van der Waals surface area contributed by atoms with E-state index in [0.717, 1.165) is 24.9 Å². The zero-order valence-corrected chi connectivity index (χ0v) is 9.79. The zero-order valence-electron chi connectivity index (χ0n) is 9.79. The Hall–Kier alpha value is -0.930. The topological polar surface area (TPSA) is 21.3 Å². The van der Waals surface area contributed by atoms with E-state index in [2.05, 4.69) is 5.32 Å². The number of hydrogen-bond acceptors (Lipinski definition) is 2. The van der Waals surface area contributed by atoms with Crippen molar-refractivity contribution in [2.75, 3.05) is 13.7 Å². The van der Waals surface area contributed by atoms with Gasteiger partial charge in [0.05, 0.1) is 6.10 Å². The van der Waals surface area contributed by atoms with Gasteiger partial charge in [0.15, 0.2) is 0 Å². The highest BCUT2D eigenvalue weighted by molar-refractivity contribution is 5.30. The standard InChI is InChI=1S/C13H18FNO/c1-9-7-10(14)3-4-12(9)13-8-11(16-2)5-6-15-13/h3-4,7,11,13,15H,5-6,8H2,1-2H3/t11-,13+/m0/s1. The second-order valence-electron chi connectivity index (χ2n) is 4.39. The van der Waals surface area contributed by atoms with E-state index < -0.39 is 0 Å². The van der Waals surface area contributed by atoms with E-state index in [1.165, 1.54) is 11.6 Å². The first-order valence-corrected chi connectivity index (χ1v) is 5.73. The summed E-state index contributed by atoms with van der Waals surface area (Å²) in [6, 6.07) is 5.29. The maximum absolute atomic E-state index is 13.0. The third kappa shape index (κ3) is 2.42. The first kappa shape index (κ1) is 11.6. The lowest BCUT2D eigenvalue weighted by Crippen LogP contribution is -2.35. The Morgan fingerprint density at radius 1 is 1.44 bits per heavy atom. The molecule has 1 saturated heterocycles. The fourth-order valence-corrected chi connectivity index (χ4v) is 2.36. The van der Waals surface area contributed by atoms with Crippen molar-refractivity contribution in [3.05, 3.63) is 35.1 Å². The number of halogens is 1. The van der Waals surface area contributed by atoms with E-state index in [0.29, 0.717) is 12.1 Å². The number of methoxy groups -OCH3 is 1. The van der Waals surface area contributed by atoms with E-state index in [1.54, 1.807) is 13.2 Å². The monoisotopic (exact) mass is 223 g/mol. The van der Waals surface area contributed by atoms with Crippen LogP contribution in [0, 0.1) is 12.7 Å². The molecule has 1 fully saturated rings. The van der Waals surface area contributed by atoms with Gasteiger partial charge in [-0.1, -0.05) is 6.07 Å². The largest absolute Gasteiger partial charge is 0.381 e. The van der Waals surface area contributed by atoms with Gasteiger partial charge >= 0.3 is 0 Å². The van der Waals surface area contributed by atoms with Gasteiger partial charge in [-0.15, -0.1) is 0 Å². The SMILES string of the molecule is CO[C@H]1CCN[C@@H](c2ccc(F)cc2C)C1. The molecule has 0 saturated carbocycles. The number of ether oxygens (including phenoxy) is 1. The number of rotatable bonds is 2. The maximum Gasteiger partial charge on any atom is 0.123 e. The van der Waals surface area contributed by atoms with Crippen LogP contribution in [-0.2, 0) is 4.74 Å². The summed E-state index contributed by atoms with van der Waals surface area (Å²) in [5, 5.41) is 3.46. The second kappa shape index (κ2) is 4.93. The number of piperidine rings is 1. The summed E-state index contributed by atoms with van der Waals surface area (Å²) >= 11 is 0. The van der Waals surface area contributed by atoms with Crippen LogP contribution in [0.1, 0.15) is 30.0 Å². The third-order valence-corrected chi connectivity index (χ3v) is 3.30. The number of hydrogen-bond donors (Lipinski definition) is 1. The zero-order chi connectivity index (χ0) is 11.5. The van der Waals surface area contributed by atoms with Gasteiger partial charge in [0, 0.05) is 13.2 Å². The van der Waals surface area contributed by atoms with Crippen LogP contribution < -0.4 is 5.32 Å². The molecule has 0 radical (unpaired) electrons. The van der Waals surface area contributed by atoms with Crippen molar-refractivity contribution in [2.45, 2.75) is 31.9 Å². The molecule has 1 aliphatic rings. The van der Waals surface area contributed by atoms with Crippen molar-refractivity contribution in [3.63, 3.8) is 0 Å². The quantitative estimate of drug-likeness (QED) is 0.832. The molecule has 88 valence electrons. The molecule has 1 N–H and O–H groups in total. The summed E-state index contributed by atoms with van der Waals surface area (Å²) in [4.78, 5) is 0. The molecule has 16 heavy (non-hydrogen) atoms. The van der Waals surface area contributed by atoms with Crippen LogP contribution >= 0.6 is 0 Å². The Balaban J connectivity index is 2.16. The smallest absolute Gasteiger partial charge is 0.123 e. The lowest BCUT2D eigenvalue weighted by Gasteiger charge is -2.30. The molecule has 0 amide bonds. The summed E-state index contributed by atoms with van der Waals surface area (Å²) in [5.74, 6) is -0.166. The van der Waals surface area contributed by atoms with E-state index >= 15 is 0 Å². The van der Waals surface area contributed by atoms with Crippen LogP contribution in [0.15, 0.2) is 18.2 Å². The van der Waals surface area contributed by atoms with Crippen molar-refractivity contribution in [3.8, 4) is 0 Å². The minimum absolute atomic E-state index is 0.166. The Kier molecular flexibility index (Phi) is 3.56. The normalized spacial score (nSPS) is 25.7. The lowest BCUT2D eigenvalue weighted by molar-refractivity contribution is 0.0618. The van der Waals surface area contributed by atoms with Crippen molar-refractivity contribution in [1.29, 1.82) is 0 Å². The summed E-state index contributed by atoms with van der Waals surface area (Å²) in [5.41, 5.74) is 2.19. The number of aryl methyl sites for hydroxylation is 1. The molecule has 2 rings (SSSR count). The fraction of sp³-hybridized carbons (Fsp3) is 0.538. The molecule has 3 heteroatoms. The molecule has 0 bridgehead atoms. The van der Waals surface area contributed by atoms with Gasteiger partial charge in [0.1, 0.15) is 5.82 Å². The van der Waals surface area contributed by atoms with Crippen LogP contribution in [0.3, 0.4) is 0 Å². The Bertz CT molecular complexity index is 367. The molecule has 1 aromatic rings. The van der Waals surface area contributed by atoms with Crippen molar-refractivity contribution >= 4 is 0 Å². The molecular weight excluding hydrogens is 205 g/mol. The van der Waals surface area contributed by atoms with Crippen molar-refractivity contribution in [1.82, 2.24) is 5.32 Å². The lowest BCUT2D eigenvalue weighted by atomic mass is 9.92. The van der Waals surface area contributed by atoms with Gasteiger partial charge in [0.2, 0.25) is 0 Å². The molecule has 1 heterocycles. The average Bonchev–Trinajstić information content (AvgIpc) is 2.29. The summed E-state index contributed by atoms with van der Waals surface area (Å²) in [7, 11) is 1.75. The highest BCUT2D eigenvalue weighted by atomic mass is 19.1. The molecule has 1 aliphatic heterocycles. The maximum atomic E-state index is 13.0. The molecule has 0 aliphatic carbocycles. The van der Waals surface area contributed by atoms with Crippen LogP contribution in [-0.4, -0.2) is 19.8 Å². The van der Waals surface area contributed by atoms with Crippen molar-refractivity contribution < 1.29 is 9.13 Å². The predicted molar refractivity (Wildman–Crippen MR) is 61.9 cm³/mol. The van der Waals surface area contributed by atoms with Crippen LogP contribution in [0.4, 0.5) is 4.39 Å². The molecular formula is C13H18FNO. The van der Waals surface area contributed by atoms with Crippen LogP contribution in [0.2, 0.25) is 0 Å². The highest BCUT2D eigenvalue weighted by Crippen LogP contribution is 2.27. The minimum Gasteiger partial charge on any atom is -0.381 e. The van der Waals surface area contributed by atoms with Gasteiger partial charge in [-0.25, -0.2) is 4.39 Å². The minimum atomic E-state index is -0.166. The van der Waals surface area contributed by atoms with Gasteiger partial charge in [-0.05, 0) is 49.6 Å². The number of nitrogens with one attached hydrogen (secondary N) is 1. The predicted octanol–water partition coefficient (Wildman–Crippen LogP) is 2.57. The van der Waals surface area contributed by atoms with Gasteiger partial charge < -0.3 is 10.1 Å². The Morgan fingerprint density at radius 3 is 2.94 bits per heavy atom. The molecule has 0 unspecified atom stereocenters. The Labute approximate surface area is 95.8 Å². The van der Waals surface area contributed by atoms with Crippen LogP contribution in [0.5, 0.6) is 0 Å². The third-order valence-electron chi connectivity index (χ3n) is 3.30. The molecule has 2 atom stereocenters. The second-order valence-corrected chi connectivity index (χ2v) is 4.39. The summed E-state index contributed by atoms with van der Waals surface area (Å²) in [6.45, 7) is 2.91. The van der Waals surface area contributed by atoms with E-state index in [9.17, 15) is 4.39 Å². The Morgan fingerprint density at radius 2 is 2.25 bits per heavy atom. The molecule has 0 aromatic heterocycles. The first-order valence-electron chi connectivity index (χ1n) is 5.73. The van der Waals surface area contributed by atoms with E-state index in [4.69, 9.17) is 4.74 Å². The van der Waals surface area contributed by atoms with Gasteiger partial charge in [0.25, 0.3) is 0 Å². The first-order chi connectivity index (χ1) is 7.70. The van der Waals surface area contributed by atoms with Crippen LogP contribution in [0.25, 0.3) is 0 Å². The van der Waals surface area contributed by atoms with Gasteiger partial charge in [-0.2, -0.15) is 0 Å². The van der Waals surface area contributed by atoms with E-state index in [1.807, 2.05) is 13.0 Å². The van der Waals surface area contributed by atoms with Crippen molar-refractivity contribution in [2.24, 2.45) is 0 Å². The number of benzene rings is 1. The summed E-state index contributed by atoms with van der Waals surface area (Å²) in [6.07, 6.45) is 2.33. The highest BCUT2D eigenvalue weighted by Gasteiger charge is 2.23. The summed E-state index contributed by atoms with van der Waals surface area (Å²) < 4.78 is 18.4. The average molecular weight is 223 g/mol.